The topological polar surface area (TPSA) is 113 Å². The smallest absolute Gasteiger partial charge is 0.457 e. The van der Waals surface area contributed by atoms with Gasteiger partial charge in [-0.05, 0) is 56.1 Å². The van der Waals surface area contributed by atoms with E-state index in [1.165, 1.54) is 0 Å². The molecule has 0 saturated heterocycles. The zero-order valence-electron chi connectivity index (χ0n) is 22.3. The number of fused-ring (bicyclic) bond motifs is 5. The van der Waals surface area contributed by atoms with Gasteiger partial charge in [-0.1, -0.05) is 45.8 Å². The van der Waals surface area contributed by atoms with Crippen LogP contribution in [-0.2, 0) is 33.4 Å². The largest absolute Gasteiger partial charge is 0.509 e. The highest BCUT2D eigenvalue weighted by Crippen LogP contribution is 2.67. The third kappa shape index (κ3) is 4.46. The molecule has 3 saturated carbocycles. The van der Waals surface area contributed by atoms with Crippen molar-refractivity contribution in [3.8, 4) is 0 Å². The van der Waals surface area contributed by atoms with E-state index in [-0.39, 0.29) is 55.2 Å². The minimum Gasteiger partial charge on any atom is -0.457 e. The van der Waals surface area contributed by atoms with Gasteiger partial charge in [0.25, 0.3) is 0 Å². The molecule has 8 heteroatoms. The van der Waals surface area contributed by atoms with E-state index in [9.17, 15) is 24.0 Å². The van der Waals surface area contributed by atoms with E-state index in [1.807, 2.05) is 26.8 Å². The molecule has 0 aromatic carbocycles. The van der Waals surface area contributed by atoms with Gasteiger partial charge in [0.15, 0.2) is 18.0 Å². The van der Waals surface area contributed by atoms with Crippen LogP contribution in [0.1, 0.15) is 79.1 Å². The summed E-state index contributed by atoms with van der Waals surface area (Å²) in [6.07, 6.45) is 8.07. The van der Waals surface area contributed by atoms with Gasteiger partial charge in [0.2, 0.25) is 5.78 Å². The number of ketones is 3. The number of rotatable bonds is 8. The van der Waals surface area contributed by atoms with Crippen molar-refractivity contribution in [2.45, 2.75) is 84.7 Å². The highest BCUT2D eigenvalue weighted by atomic mass is 16.7. The second kappa shape index (κ2) is 10.2. The summed E-state index contributed by atoms with van der Waals surface area (Å²) < 4.78 is 16.3. The van der Waals surface area contributed by atoms with Crippen molar-refractivity contribution in [1.29, 1.82) is 0 Å². The SMILES string of the molecule is CCCCOC(=O)O[C@]1(C(=O)COC(=O)CC)CC[C@H]2[C@@H]3CCC4=CC(=O)C=C[C@]4(C)[C@H]3C(=O)C[C@@]21C. The van der Waals surface area contributed by atoms with Crippen LogP contribution >= 0.6 is 0 Å². The zero-order chi connectivity index (χ0) is 27.0. The molecule has 4 aliphatic carbocycles. The fourth-order valence-electron chi connectivity index (χ4n) is 7.54. The van der Waals surface area contributed by atoms with Crippen molar-refractivity contribution in [3.63, 3.8) is 0 Å². The predicted molar refractivity (Wildman–Crippen MR) is 133 cm³/mol. The molecule has 6 atom stereocenters. The van der Waals surface area contributed by atoms with Crippen LogP contribution in [0.15, 0.2) is 23.8 Å². The summed E-state index contributed by atoms with van der Waals surface area (Å²) in [6, 6.07) is 0. The van der Waals surface area contributed by atoms with Crippen molar-refractivity contribution in [2.24, 2.45) is 28.6 Å². The molecule has 0 bridgehead atoms. The van der Waals surface area contributed by atoms with Crippen molar-refractivity contribution < 1.29 is 38.2 Å². The van der Waals surface area contributed by atoms with Gasteiger partial charge in [-0.3, -0.25) is 19.2 Å². The van der Waals surface area contributed by atoms with E-state index in [2.05, 4.69) is 0 Å². The van der Waals surface area contributed by atoms with Gasteiger partial charge in [0.1, 0.15) is 5.78 Å². The van der Waals surface area contributed by atoms with Gasteiger partial charge in [-0.15, -0.1) is 0 Å². The molecule has 202 valence electrons. The van der Waals surface area contributed by atoms with Crippen LogP contribution < -0.4 is 0 Å². The standard InChI is InChI=1S/C29H38O8/c1-5-7-14-35-26(34)37-29(23(32)17-36-24(33)6-2)13-11-21-20-9-8-18-15-19(30)10-12-27(18,3)25(20)22(31)16-28(21,29)4/h10,12,15,20-21,25H,5-9,11,13-14,16-17H2,1-4H3/t20-,21-,25+,27-,28-,29-/m0/s1. The maximum absolute atomic E-state index is 13.9. The molecule has 0 aromatic rings. The molecule has 3 fully saturated rings. The second-order valence-corrected chi connectivity index (χ2v) is 11.4. The van der Waals surface area contributed by atoms with Gasteiger partial charge in [0.05, 0.1) is 6.61 Å². The van der Waals surface area contributed by atoms with Crippen molar-refractivity contribution in [1.82, 2.24) is 0 Å². The van der Waals surface area contributed by atoms with Crippen LogP contribution in [0.3, 0.4) is 0 Å². The Morgan fingerprint density at radius 2 is 1.84 bits per heavy atom. The summed E-state index contributed by atoms with van der Waals surface area (Å²) >= 11 is 0. The third-order valence-corrected chi connectivity index (χ3v) is 9.46. The third-order valence-electron chi connectivity index (χ3n) is 9.46. The minimum atomic E-state index is -1.62. The number of Topliss-reactive ketones (excluding diaryl/α,β-unsaturated/α-hetero) is 2. The Morgan fingerprint density at radius 3 is 2.54 bits per heavy atom. The maximum Gasteiger partial charge on any atom is 0.509 e. The molecule has 8 nitrogen and oxygen atoms in total. The first kappa shape index (κ1) is 27.3. The van der Waals surface area contributed by atoms with E-state index in [1.54, 1.807) is 19.1 Å². The van der Waals surface area contributed by atoms with Crippen molar-refractivity contribution >= 4 is 29.5 Å². The van der Waals surface area contributed by atoms with Gasteiger partial charge in [0, 0.05) is 29.6 Å². The van der Waals surface area contributed by atoms with Gasteiger partial charge in [-0.25, -0.2) is 4.79 Å². The average molecular weight is 515 g/mol. The number of carbonyl (C=O) groups excluding carboxylic acids is 5. The first-order chi connectivity index (χ1) is 17.5. The fourth-order valence-corrected chi connectivity index (χ4v) is 7.54. The van der Waals surface area contributed by atoms with Crippen LogP contribution in [-0.4, -0.2) is 48.3 Å². The lowest BCUT2D eigenvalue weighted by Gasteiger charge is -2.57. The lowest BCUT2D eigenvalue weighted by atomic mass is 9.46. The first-order valence-corrected chi connectivity index (χ1v) is 13.5. The highest BCUT2D eigenvalue weighted by Gasteiger charge is 2.70. The number of ether oxygens (including phenoxy) is 3. The zero-order valence-corrected chi connectivity index (χ0v) is 22.3. The predicted octanol–water partition coefficient (Wildman–Crippen LogP) is 4.69. The highest BCUT2D eigenvalue weighted by molar-refractivity contribution is 6.02. The lowest BCUT2D eigenvalue weighted by Crippen LogP contribution is -2.62. The van der Waals surface area contributed by atoms with Crippen LogP contribution in [0.25, 0.3) is 0 Å². The second-order valence-electron chi connectivity index (χ2n) is 11.4. The molecule has 0 unspecified atom stereocenters. The summed E-state index contributed by atoms with van der Waals surface area (Å²) in [7, 11) is 0. The number of hydrogen-bond acceptors (Lipinski definition) is 8. The molecular formula is C29H38O8. The van der Waals surface area contributed by atoms with E-state index in [4.69, 9.17) is 14.2 Å². The molecule has 37 heavy (non-hydrogen) atoms. The lowest BCUT2D eigenvalue weighted by molar-refractivity contribution is -0.176. The molecule has 4 rings (SSSR count). The summed E-state index contributed by atoms with van der Waals surface area (Å²) in [5, 5.41) is 0. The molecular weight excluding hydrogens is 476 g/mol. The van der Waals surface area contributed by atoms with Gasteiger partial charge >= 0.3 is 12.1 Å². The molecule has 0 spiro atoms. The van der Waals surface area contributed by atoms with Crippen LogP contribution in [0, 0.1) is 28.6 Å². The van der Waals surface area contributed by atoms with E-state index in [0.29, 0.717) is 19.3 Å². The van der Waals surface area contributed by atoms with E-state index < -0.39 is 40.9 Å². The minimum absolute atomic E-state index is 0.00317. The molecule has 4 aliphatic rings. The molecule has 0 aromatic heterocycles. The summed E-state index contributed by atoms with van der Waals surface area (Å²) in [6.45, 7) is 7.15. The van der Waals surface area contributed by atoms with E-state index in [0.717, 1.165) is 18.4 Å². The van der Waals surface area contributed by atoms with Gasteiger partial charge < -0.3 is 14.2 Å². The fraction of sp³-hybridized carbons (Fsp3) is 0.690. The Bertz CT molecular complexity index is 1060. The molecule has 0 radical (unpaired) electrons. The Balaban J connectivity index is 1.68. The number of esters is 1. The Hall–Kier alpha value is -2.77. The molecule has 0 heterocycles. The van der Waals surface area contributed by atoms with Crippen LogP contribution in [0.4, 0.5) is 4.79 Å². The maximum atomic E-state index is 13.9. The van der Waals surface area contributed by atoms with Crippen molar-refractivity contribution in [3.05, 3.63) is 23.8 Å². The normalized spacial score (nSPS) is 36.1. The number of hydrogen-bond donors (Lipinski definition) is 0. The van der Waals surface area contributed by atoms with E-state index >= 15 is 0 Å². The Kier molecular flexibility index (Phi) is 7.50. The van der Waals surface area contributed by atoms with Gasteiger partial charge in [-0.2, -0.15) is 0 Å². The Labute approximate surface area is 218 Å². The molecule has 0 aliphatic heterocycles. The number of carbonyl (C=O) groups is 5. The van der Waals surface area contributed by atoms with Crippen LogP contribution in [0.5, 0.6) is 0 Å². The Morgan fingerprint density at radius 1 is 1.08 bits per heavy atom. The summed E-state index contributed by atoms with van der Waals surface area (Å²) in [5.74, 6) is -1.48. The summed E-state index contributed by atoms with van der Waals surface area (Å²) in [5.41, 5.74) is -2.14. The van der Waals surface area contributed by atoms with Crippen LogP contribution in [0.2, 0.25) is 0 Å². The first-order valence-electron chi connectivity index (χ1n) is 13.5. The summed E-state index contributed by atoms with van der Waals surface area (Å²) in [4.78, 5) is 64.3. The quantitative estimate of drug-likeness (QED) is 0.339. The monoisotopic (exact) mass is 514 g/mol. The number of unbranched alkanes of at least 4 members (excludes halogenated alkanes) is 1. The van der Waals surface area contributed by atoms with Crippen molar-refractivity contribution in [2.75, 3.05) is 13.2 Å². The molecule has 0 N–H and O–H groups in total. The molecule has 0 amide bonds. The number of allylic oxidation sites excluding steroid dienone is 4. The average Bonchev–Trinajstić information content (AvgIpc) is 3.14.